The summed E-state index contributed by atoms with van der Waals surface area (Å²) >= 11 is 0. The highest BCUT2D eigenvalue weighted by Crippen LogP contribution is 2.17. The predicted molar refractivity (Wildman–Crippen MR) is 97.1 cm³/mol. The van der Waals surface area contributed by atoms with Gasteiger partial charge in [0.2, 0.25) is 0 Å². The fourth-order valence-corrected chi connectivity index (χ4v) is 2.18. The van der Waals surface area contributed by atoms with Gasteiger partial charge in [-0.2, -0.15) is 0 Å². The first-order chi connectivity index (χ1) is 11.5. The Kier molecular flexibility index (Phi) is 6.51. The van der Waals surface area contributed by atoms with Crippen LogP contribution < -0.4 is 4.74 Å². The Bertz CT molecular complexity index is 694. The first-order valence-electron chi connectivity index (χ1n) is 7.85. The molecule has 126 valence electrons. The van der Waals surface area contributed by atoms with E-state index in [4.69, 9.17) is 4.74 Å². The standard InChI is InChI=1S/C19H22N2O3/c1-20(2)13-4-14-24-19-11-9-16(10-12-19)7-8-17-5-3-6-18(15-17)21(22)23/h3,5-12,15H,4,13-14H2,1-2H3. The maximum atomic E-state index is 10.8. The van der Waals surface area contributed by atoms with Crippen molar-refractivity contribution in [1.82, 2.24) is 4.90 Å². The largest absolute Gasteiger partial charge is 0.494 e. The Hall–Kier alpha value is -2.66. The molecule has 0 aromatic heterocycles. The van der Waals surface area contributed by atoms with Gasteiger partial charge < -0.3 is 9.64 Å². The van der Waals surface area contributed by atoms with Crippen LogP contribution in [0.2, 0.25) is 0 Å². The molecular weight excluding hydrogens is 304 g/mol. The van der Waals surface area contributed by atoms with Crippen molar-refractivity contribution in [3.05, 3.63) is 69.8 Å². The van der Waals surface area contributed by atoms with Crippen molar-refractivity contribution in [1.29, 1.82) is 0 Å². The van der Waals surface area contributed by atoms with Crippen LogP contribution in [0, 0.1) is 10.1 Å². The SMILES string of the molecule is CN(C)CCCOc1ccc(C=Cc2cccc([N+](=O)[O-])c2)cc1. The number of nitro benzene ring substituents is 1. The molecule has 0 spiro atoms. The zero-order chi connectivity index (χ0) is 17.4. The fraction of sp³-hybridized carbons (Fsp3) is 0.263. The van der Waals surface area contributed by atoms with Gasteiger partial charge in [0.15, 0.2) is 0 Å². The van der Waals surface area contributed by atoms with Crippen molar-refractivity contribution < 1.29 is 9.66 Å². The van der Waals surface area contributed by atoms with Gasteiger partial charge in [-0.25, -0.2) is 0 Å². The van der Waals surface area contributed by atoms with Crippen LogP contribution >= 0.6 is 0 Å². The first-order valence-corrected chi connectivity index (χ1v) is 7.85. The maximum Gasteiger partial charge on any atom is 0.270 e. The summed E-state index contributed by atoms with van der Waals surface area (Å²) in [5.41, 5.74) is 1.91. The Labute approximate surface area is 142 Å². The van der Waals surface area contributed by atoms with Gasteiger partial charge in [0.05, 0.1) is 11.5 Å². The second-order valence-corrected chi connectivity index (χ2v) is 5.76. The number of non-ortho nitro benzene ring substituents is 1. The summed E-state index contributed by atoms with van der Waals surface area (Å²) in [7, 11) is 4.09. The van der Waals surface area contributed by atoms with Crippen molar-refractivity contribution in [2.24, 2.45) is 0 Å². The van der Waals surface area contributed by atoms with Gasteiger partial charge in [-0.15, -0.1) is 0 Å². The molecule has 2 aromatic rings. The minimum atomic E-state index is -0.389. The van der Waals surface area contributed by atoms with Crippen LogP contribution in [0.1, 0.15) is 17.5 Å². The van der Waals surface area contributed by atoms with Gasteiger partial charge in [-0.3, -0.25) is 10.1 Å². The van der Waals surface area contributed by atoms with Gasteiger partial charge in [0, 0.05) is 18.7 Å². The molecule has 0 saturated carbocycles. The second kappa shape index (κ2) is 8.84. The van der Waals surface area contributed by atoms with E-state index < -0.39 is 0 Å². The molecule has 0 aliphatic rings. The number of benzene rings is 2. The number of hydrogen-bond acceptors (Lipinski definition) is 4. The topological polar surface area (TPSA) is 55.6 Å². The Morgan fingerprint density at radius 1 is 1.08 bits per heavy atom. The summed E-state index contributed by atoms with van der Waals surface area (Å²) in [6, 6.07) is 14.4. The van der Waals surface area contributed by atoms with Crippen molar-refractivity contribution in [3.8, 4) is 5.75 Å². The number of hydrogen-bond donors (Lipinski definition) is 0. The zero-order valence-electron chi connectivity index (χ0n) is 14.0. The summed E-state index contributed by atoms with van der Waals surface area (Å²) in [5.74, 6) is 0.848. The molecule has 5 heteroatoms. The summed E-state index contributed by atoms with van der Waals surface area (Å²) in [5, 5.41) is 10.8. The Balaban J connectivity index is 1.91. The van der Waals surface area contributed by atoms with E-state index in [1.807, 2.05) is 56.6 Å². The molecule has 0 fully saturated rings. The van der Waals surface area contributed by atoms with Gasteiger partial charge >= 0.3 is 0 Å². The second-order valence-electron chi connectivity index (χ2n) is 5.76. The number of rotatable bonds is 8. The monoisotopic (exact) mass is 326 g/mol. The van der Waals surface area contributed by atoms with Crippen LogP contribution in [-0.2, 0) is 0 Å². The van der Waals surface area contributed by atoms with E-state index in [0.717, 1.165) is 29.8 Å². The molecular formula is C19H22N2O3. The highest BCUT2D eigenvalue weighted by Gasteiger charge is 2.03. The lowest BCUT2D eigenvalue weighted by Gasteiger charge is -2.10. The van der Waals surface area contributed by atoms with Gasteiger partial charge in [-0.05, 0) is 43.8 Å². The molecule has 0 saturated heterocycles. The van der Waals surface area contributed by atoms with E-state index in [0.29, 0.717) is 6.61 Å². The minimum absolute atomic E-state index is 0.0959. The molecule has 2 rings (SSSR count). The van der Waals surface area contributed by atoms with E-state index in [9.17, 15) is 10.1 Å². The van der Waals surface area contributed by atoms with Gasteiger partial charge in [-0.1, -0.05) is 36.4 Å². The molecule has 0 N–H and O–H groups in total. The third kappa shape index (κ3) is 5.85. The van der Waals surface area contributed by atoms with E-state index in [-0.39, 0.29) is 10.6 Å². The smallest absolute Gasteiger partial charge is 0.270 e. The van der Waals surface area contributed by atoms with E-state index in [2.05, 4.69) is 4.90 Å². The van der Waals surface area contributed by atoms with Gasteiger partial charge in [0.1, 0.15) is 5.75 Å². The first kappa shape index (κ1) is 17.7. The molecule has 24 heavy (non-hydrogen) atoms. The predicted octanol–water partition coefficient (Wildman–Crippen LogP) is 4.10. The normalized spacial score (nSPS) is 11.1. The lowest BCUT2D eigenvalue weighted by atomic mass is 10.1. The van der Waals surface area contributed by atoms with Crippen LogP contribution in [0.3, 0.4) is 0 Å². The van der Waals surface area contributed by atoms with Gasteiger partial charge in [0.25, 0.3) is 5.69 Å². The third-order valence-corrected chi connectivity index (χ3v) is 3.45. The molecule has 0 amide bonds. The molecule has 0 atom stereocenters. The van der Waals surface area contributed by atoms with Crippen molar-refractivity contribution in [3.63, 3.8) is 0 Å². The van der Waals surface area contributed by atoms with Crippen molar-refractivity contribution in [2.75, 3.05) is 27.2 Å². The highest BCUT2D eigenvalue weighted by molar-refractivity contribution is 5.70. The summed E-state index contributed by atoms with van der Waals surface area (Å²) in [6.45, 7) is 1.70. The van der Waals surface area contributed by atoms with E-state index in [1.54, 1.807) is 12.1 Å². The number of ether oxygens (including phenoxy) is 1. The average molecular weight is 326 g/mol. The van der Waals surface area contributed by atoms with Crippen LogP contribution in [0.15, 0.2) is 48.5 Å². The highest BCUT2D eigenvalue weighted by atomic mass is 16.6. The Morgan fingerprint density at radius 3 is 2.46 bits per heavy atom. The van der Waals surface area contributed by atoms with Crippen LogP contribution in [0.5, 0.6) is 5.75 Å². The van der Waals surface area contributed by atoms with Crippen molar-refractivity contribution in [2.45, 2.75) is 6.42 Å². The maximum absolute atomic E-state index is 10.8. The zero-order valence-corrected chi connectivity index (χ0v) is 14.0. The van der Waals surface area contributed by atoms with Crippen LogP contribution in [0.4, 0.5) is 5.69 Å². The molecule has 5 nitrogen and oxygen atoms in total. The fourth-order valence-electron chi connectivity index (χ4n) is 2.18. The minimum Gasteiger partial charge on any atom is -0.494 e. The lowest BCUT2D eigenvalue weighted by molar-refractivity contribution is -0.384. The molecule has 0 aliphatic carbocycles. The summed E-state index contributed by atoms with van der Waals surface area (Å²) in [6.07, 6.45) is 4.77. The molecule has 0 unspecified atom stereocenters. The third-order valence-electron chi connectivity index (χ3n) is 3.45. The summed E-state index contributed by atoms with van der Waals surface area (Å²) in [4.78, 5) is 12.5. The molecule has 0 aliphatic heterocycles. The van der Waals surface area contributed by atoms with E-state index >= 15 is 0 Å². The quantitative estimate of drug-likeness (QED) is 0.317. The van der Waals surface area contributed by atoms with Crippen LogP contribution in [-0.4, -0.2) is 37.1 Å². The average Bonchev–Trinajstić information content (AvgIpc) is 2.58. The Morgan fingerprint density at radius 2 is 1.79 bits per heavy atom. The number of nitrogens with zero attached hydrogens (tertiary/aromatic N) is 2. The lowest BCUT2D eigenvalue weighted by Crippen LogP contribution is -2.15. The summed E-state index contributed by atoms with van der Waals surface area (Å²) < 4.78 is 5.69. The van der Waals surface area contributed by atoms with Crippen molar-refractivity contribution >= 4 is 17.8 Å². The molecule has 0 bridgehead atoms. The molecule has 0 radical (unpaired) electrons. The van der Waals surface area contributed by atoms with E-state index in [1.165, 1.54) is 6.07 Å². The van der Waals surface area contributed by atoms with Crippen LogP contribution in [0.25, 0.3) is 12.2 Å². The number of nitro groups is 1. The molecule has 0 heterocycles. The molecule has 2 aromatic carbocycles.